The van der Waals surface area contributed by atoms with Crippen molar-refractivity contribution in [1.29, 1.82) is 0 Å². The first-order valence-corrected chi connectivity index (χ1v) is 11.3. The molecular weight excluding hydrogens is 421 g/mol. The zero-order chi connectivity index (χ0) is 21.5. The monoisotopic (exact) mass is 443 g/mol. The molecule has 6 atom stereocenters. The molecule has 6 nitrogen and oxygen atoms in total. The number of halogens is 1. The average molecular weight is 443 g/mol. The Morgan fingerprint density at radius 2 is 1.65 bits per heavy atom. The maximum Gasteiger partial charge on any atom is 0.262 e. The third kappa shape index (κ3) is 3.47. The first-order valence-electron chi connectivity index (χ1n) is 10.3. The van der Waals surface area contributed by atoms with E-state index in [-0.39, 0.29) is 17.7 Å². The summed E-state index contributed by atoms with van der Waals surface area (Å²) in [5.74, 6) is -0.352. The fraction of sp³-hybridized carbons (Fsp3) is 0.391. The summed E-state index contributed by atoms with van der Waals surface area (Å²) in [6.07, 6.45) is -3.92. The third-order valence-corrected chi connectivity index (χ3v) is 6.87. The molecule has 0 aliphatic carbocycles. The van der Waals surface area contributed by atoms with E-state index in [1.54, 1.807) is 24.3 Å². The molecule has 0 saturated carbocycles. The molecule has 162 valence electrons. The maximum absolute atomic E-state index is 16.0. The van der Waals surface area contributed by atoms with E-state index in [2.05, 4.69) is 0 Å². The summed E-state index contributed by atoms with van der Waals surface area (Å²) in [4.78, 5) is 27.1. The topological polar surface area (TPSA) is 65.1 Å². The number of ether oxygens (including phenoxy) is 3. The van der Waals surface area contributed by atoms with Crippen molar-refractivity contribution in [3.8, 4) is 0 Å². The standard InChI is InChI=1S/C23H22FNO5S/c1-2-31-23-18(25-20(26)14-10-6-7-11-15(14)21(25)27)17(24)19-16(29-23)12-28-22(30-19)13-8-4-3-5-9-13/h3-11,16-19,22-23H,2,12H2,1H3/t16?,17-,18+,19-,22?,23?/m1/s1. The van der Waals surface area contributed by atoms with Crippen molar-refractivity contribution in [1.82, 2.24) is 4.90 Å². The van der Waals surface area contributed by atoms with Crippen molar-refractivity contribution in [2.75, 3.05) is 12.4 Å². The van der Waals surface area contributed by atoms with Gasteiger partial charge in [-0.25, -0.2) is 4.39 Å². The summed E-state index contributed by atoms with van der Waals surface area (Å²) in [6.45, 7) is 2.09. The van der Waals surface area contributed by atoms with Gasteiger partial charge in [-0.2, -0.15) is 0 Å². The van der Waals surface area contributed by atoms with Gasteiger partial charge in [0, 0.05) is 5.56 Å². The van der Waals surface area contributed by atoms with Crippen molar-refractivity contribution in [2.45, 2.75) is 43.1 Å². The lowest BCUT2D eigenvalue weighted by Gasteiger charge is -2.48. The SMILES string of the molecule is CCSC1OC2COC(c3ccccc3)O[C@H]2[C@H](F)[C@@H]1N1C(=O)c2ccccc2C1=O. The summed E-state index contributed by atoms with van der Waals surface area (Å²) in [5.41, 5.74) is 0.647. The Labute approximate surface area is 183 Å². The van der Waals surface area contributed by atoms with Gasteiger partial charge in [-0.3, -0.25) is 14.5 Å². The highest BCUT2D eigenvalue weighted by Crippen LogP contribution is 2.41. The van der Waals surface area contributed by atoms with E-state index in [0.29, 0.717) is 5.75 Å². The molecule has 3 heterocycles. The van der Waals surface area contributed by atoms with Gasteiger partial charge in [-0.1, -0.05) is 49.4 Å². The molecule has 2 aromatic carbocycles. The predicted octanol–water partition coefficient (Wildman–Crippen LogP) is 3.58. The van der Waals surface area contributed by atoms with Gasteiger partial charge in [0.25, 0.3) is 11.8 Å². The van der Waals surface area contributed by atoms with Gasteiger partial charge < -0.3 is 14.2 Å². The number of hydrogen-bond donors (Lipinski definition) is 0. The van der Waals surface area contributed by atoms with E-state index < -0.39 is 48.0 Å². The summed E-state index contributed by atoms with van der Waals surface area (Å²) < 4.78 is 33.9. The Morgan fingerprint density at radius 1 is 1.00 bits per heavy atom. The van der Waals surface area contributed by atoms with Crippen molar-refractivity contribution in [2.24, 2.45) is 0 Å². The van der Waals surface area contributed by atoms with Gasteiger partial charge >= 0.3 is 0 Å². The van der Waals surface area contributed by atoms with Crippen LogP contribution >= 0.6 is 11.8 Å². The minimum atomic E-state index is -1.61. The third-order valence-electron chi connectivity index (χ3n) is 5.81. The second kappa shape index (κ2) is 8.35. The lowest BCUT2D eigenvalue weighted by Crippen LogP contribution is -2.65. The minimum Gasteiger partial charge on any atom is -0.357 e. The van der Waals surface area contributed by atoms with Crippen LogP contribution in [0.2, 0.25) is 0 Å². The van der Waals surface area contributed by atoms with Crippen LogP contribution in [-0.4, -0.2) is 58.9 Å². The van der Waals surface area contributed by atoms with Crippen LogP contribution in [0.15, 0.2) is 54.6 Å². The van der Waals surface area contributed by atoms with Crippen LogP contribution in [0.4, 0.5) is 4.39 Å². The van der Waals surface area contributed by atoms with Crippen LogP contribution < -0.4 is 0 Å². The van der Waals surface area contributed by atoms with Gasteiger partial charge in [0.05, 0.1) is 17.7 Å². The molecule has 5 rings (SSSR count). The number of thioether (sulfide) groups is 1. The molecule has 2 amide bonds. The van der Waals surface area contributed by atoms with Crippen LogP contribution in [0.5, 0.6) is 0 Å². The zero-order valence-corrected chi connectivity index (χ0v) is 17.7. The number of amides is 2. The number of rotatable bonds is 4. The number of fused-ring (bicyclic) bond motifs is 2. The molecule has 2 aromatic rings. The molecule has 0 radical (unpaired) electrons. The summed E-state index contributed by atoms with van der Waals surface area (Å²) in [7, 11) is 0. The lowest BCUT2D eigenvalue weighted by molar-refractivity contribution is -0.301. The summed E-state index contributed by atoms with van der Waals surface area (Å²) >= 11 is 1.37. The first-order chi connectivity index (χ1) is 15.1. The Bertz CT molecular complexity index is 954. The summed E-state index contributed by atoms with van der Waals surface area (Å²) in [5, 5.41) is 0. The maximum atomic E-state index is 16.0. The Hall–Kier alpha value is -2.26. The van der Waals surface area contributed by atoms with E-state index in [1.807, 2.05) is 37.3 Å². The number of carbonyl (C=O) groups is 2. The minimum absolute atomic E-state index is 0.167. The Kier molecular flexibility index (Phi) is 5.56. The van der Waals surface area contributed by atoms with Crippen LogP contribution in [0.3, 0.4) is 0 Å². The van der Waals surface area contributed by atoms with Gasteiger partial charge in [0.15, 0.2) is 12.5 Å². The second-order valence-corrected chi connectivity index (χ2v) is 9.01. The number of hydrogen-bond acceptors (Lipinski definition) is 6. The fourth-order valence-corrected chi connectivity index (χ4v) is 5.39. The molecule has 0 aromatic heterocycles. The summed E-state index contributed by atoms with van der Waals surface area (Å²) in [6, 6.07) is 14.8. The average Bonchev–Trinajstić information content (AvgIpc) is 3.05. The number of alkyl halides is 1. The molecule has 0 bridgehead atoms. The molecule has 3 aliphatic heterocycles. The molecule has 3 aliphatic rings. The molecule has 0 spiro atoms. The molecule has 3 unspecified atom stereocenters. The van der Waals surface area contributed by atoms with E-state index in [1.165, 1.54) is 11.8 Å². The van der Waals surface area contributed by atoms with E-state index in [4.69, 9.17) is 14.2 Å². The Balaban J connectivity index is 1.45. The highest BCUT2D eigenvalue weighted by molar-refractivity contribution is 7.99. The van der Waals surface area contributed by atoms with E-state index in [0.717, 1.165) is 10.5 Å². The number of imide groups is 1. The smallest absolute Gasteiger partial charge is 0.262 e. The molecular formula is C23H22FNO5S. The quantitative estimate of drug-likeness (QED) is 0.673. The van der Waals surface area contributed by atoms with Gasteiger partial charge in [0.2, 0.25) is 0 Å². The number of nitrogens with zero attached hydrogens (tertiary/aromatic N) is 1. The number of benzene rings is 2. The van der Waals surface area contributed by atoms with Crippen molar-refractivity contribution in [3.63, 3.8) is 0 Å². The number of carbonyl (C=O) groups excluding carboxylic acids is 2. The van der Waals surface area contributed by atoms with Crippen LogP contribution in [0.25, 0.3) is 0 Å². The Morgan fingerprint density at radius 3 is 2.29 bits per heavy atom. The fourth-order valence-electron chi connectivity index (χ4n) is 4.37. The zero-order valence-electron chi connectivity index (χ0n) is 16.8. The van der Waals surface area contributed by atoms with Crippen molar-refractivity contribution >= 4 is 23.6 Å². The van der Waals surface area contributed by atoms with E-state index in [9.17, 15) is 9.59 Å². The lowest BCUT2D eigenvalue weighted by atomic mass is 9.96. The van der Waals surface area contributed by atoms with Crippen LogP contribution in [0.1, 0.15) is 39.5 Å². The van der Waals surface area contributed by atoms with Gasteiger partial charge in [-0.15, -0.1) is 11.8 Å². The highest BCUT2D eigenvalue weighted by Gasteiger charge is 2.56. The largest absolute Gasteiger partial charge is 0.357 e. The normalized spacial score (nSPS) is 32.6. The highest BCUT2D eigenvalue weighted by atomic mass is 32.2. The molecule has 0 N–H and O–H groups in total. The first kappa shape index (κ1) is 20.6. The molecule has 2 saturated heterocycles. The molecule has 31 heavy (non-hydrogen) atoms. The molecule has 2 fully saturated rings. The van der Waals surface area contributed by atoms with E-state index >= 15 is 4.39 Å². The van der Waals surface area contributed by atoms with Crippen molar-refractivity contribution in [3.05, 3.63) is 71.3 Å². The van der Waals surface area contributed by atoms with Gasteiger partial charge in [-0.05, 0) is 17.9 Å². The van der Waals surface area contributed by atoms with Crippen molar-refractivity contribution < 1.29 is 28.2 Å². The van der Waals surface area contributed by atoms with Crippen LogP contribution in [-0.2, 0) is 14.2 Å². The van der Waals surface area contributed by atoms with Gasteiger partial charge in [0.1, 0.15) is 23.7 Å². The second-order valence-electron chi connectivity index (χ2n) is 7.64. The van der Waals surface area contributed by atoms with Crippen LogP contribution in [0, 0.1) is 0 Å². The molecule has 8 heteroatoms. The predicted molar refractivity (Wildman–Crippen MR) is 112 cm³/mol.